The van der Waals surface area contributed by atoms with Crippen molar-refractivity contribution in [2.45, 2.75) is 86.0 Å². The van der Waals surface area contributed by atoms with Crippen molar-refractivity contribution in [1.82, 2.24) is 0 Å². The maximum absolute atomic E-state index is 14.8. The number of nitrogens with zero attached hydrogens (tertiary/aromatic N) is 2. The molecule has 0 fully saturated rings. The first-order chi connectivity index (χ1) is 38.0. The normalized spacial score (nSPS) is 14.1. The van der Waals surface area contributed by atoms with Gasteiger partial charge in [0.25, 0.3) is 23.6 Å². The van der Waals surface area contributed by atoms with E-state index in [1.165, 1.54) is 9.80 Å². The van der Waals surface area contributed by atoms with Crippen LogP contribution in [0.1, 0.15) is 165 Å². The van der Waals surface area contributed by atoms with Gasteiger partial charge in [-0.05, 0) is 219 Å². The van der Waals surface area contributed by atoms with Gasteiger partial charge in [0.15, 0.2) is 0 Å². The van der Waals surface area contributed by atoms with Crippen molar-refractivity contribution in [3.05, 3.63) is 207 Å². The summed E-state index contributed by atoms with van der Waals surface area (Å²) >= 11 is 0. The summed E-state index contributed by atoms with van der Waals surface area (Å²) in [4.78, 5) is 61.9. The number of carbonyl (C=O) groups is 4. The van der Waals surface area contributed by atoms with Gasteiger partial charge in [-0.15, -0.1) is 0 Å². The van der Waals surface area contributed by atoms with E-state index in [4.69, 9.17) is 0 Å². The van der Waals surface area contributed by atoms with E-state index in [-0.39, 0.29) is 47.3 Å². The fourth-order valence-electron chi connectivity index (χ4n) is 13.7. The number of hydrogen-bond donors (Lipinski definition) is 0. The monoisotopic (exact) mass is 1030 g/mol. The van der Waals surface area contributed by atoms with E-state index < -0.39 is 0 Å². The number of benzene rings is 10. The third-order valence-electron chi connectivity index (χ3n) is 17.6. The Hall–Kier alpha value is -9.00. The first-order valence-corrected chi connectivity index (χ1v) is 27.8. The van der Waals surface area contributed by atoms with E-state index in [0.717, 1.165) is 132 Å². The molecule has 79 heavy (non-hydrogen) atoms. The molecule has 2 heterocycles. The molecule has 0 radical (unpaired) electrons. The quantitative estimate of drug-likeness (QED) is 0.107. The summed E-state index contributed by atoms with van der Waals surface area (Å²) < 4.78 is 0. The Morgan fingerprint density at radius 2 is 0.620 bits per heavy atom. The van der Waals surface area contributed by atoms with Gasteiger partial charge < -0.3 is 0 Å². The van der Waals surface area contributed by atoms with Crippen LogP contribution in [0.15, 0.2) is 140 Å². The van der Waals surface area contributed by atoms with Crippen LogP contribution in [-0.4, -0.2) is 23.6 Å². The van der Waals surface area contributed by atoms with Crippen molar-refractivity contribution in [3.63, 3.8) is 0 Å². The zero-order valence-electron chi connectivity index (χ0n) is 46.0. The summed E-state index contributed by atoms with van der Waals surface area (Å²) in [5.41, 5.74) is 20.3. The van der Waals surface area contributed by atoms with Gasteiger partial charge in [0.1, 0.15) is 0 Å². The van der Waals surface area contributed by atoms with Crippen molar-refractivity contribution < 1.29 is 19.2 Å². The molecule has 0 aromatic heterocycles. The van der Waals surface area contributed by atoms with Crippen molar-refractivity contribution >= 4 is 96.3 Å². The molecule has 10 aromatic carbocycles. The van der Waals surface area contributed by atoms with Crippen molar-refractivity contribution in [1.29, 1.82) is 0 Å². The second-order valence-corrected chi connectivity index (χ2v) is 23.4. The zero-order chi connectivity index (χ0) is 54.8. The van der Waals surface area contributed by atoms with Crippen molar-refractivity contribution in [2.75, 3.05) is 9.80 Å². The van der Waals surface area contributed by atoms with Gasteiger partial charge in [-0.25, -0.2) is 9.80 Å². The highest BCUT2D eigenvalue weighted by Crippen LogP contribution is 2.54. The molecule has 0 saturated heterocycles. The maximum Gasteiger partial charge on any atom is 0.266 e. The topological polar surface area (TPSA) is 74.8 Å². The van der Waals surface area contributed by atoms with E-state index in [1.54, 1.807) is 0 Å². The minimum absolute atomic E-state index is 0.115. The van der Waals surface area contributed by atoms with Gasteiger partial charge in [-0.2, -0.15) is 0 Å². The summed E-state index contributed by atoms with van der Waals surface area (Å²) in [7, 11) is 0. The summed E-state index contributed by atoms with van der Waals surface area (Å²) in [6.07, 6.45) is 6.28. The summed E-state index contributed by atoms with van der Waals surface area (Å²) in [5.74, 6) is -0.659. The van der Waals surface area contributed by atoms with Crippen LogP contribution in [-0.2, 0) is 0 Å². The molecule has 0 N–H and O–H groups in total. The predicted octanol–water partition coefficient (Wildman–Crippen LogP) is 18.8. The molecule has 0 bridgehead atoms. The molecule has 0 saturated carbocycles. The van der Waals surface area contributed by atoms with Crippen LogP contribution in [0.5, 0.6) is 0 Å². The molecule has 14 rings (SSSR count). The number of hydrogen-bond acceptors (Lipinski definition) is 4. The van der Waals surface area contributed by atoms with E-state index >= 15 is 0 Å². The fourth-order valence-corrected chi connectivity index (χ4v) is 13.7. The largest absolute Gasteiger partial charge is 0.268 e. The molecule has 2 aliphatic carbocycles. The molecule has 0 spiro atoms. The van der Waals surface area contributed by atoms with E-state index in [1.807, 2.05) is 66.7 Å². The summed E-state index contributed by atoms with van der Waals surface area (Å²) in [6, 6.07) is 46.2. The van der Waals surface area contributed by atoms with Gasteiger partial charge in [-0.1, -0.05) is 147 Å². The SMILES string of the molecule is C=Cc1cc2cc3c(cc2cc1/C=C\c1cc2cc4c(cc2cc1C)-c1ccc2c5c(ccc-4c15)C(=O)N(c1c(C(C)C)cccc1C(C)C)C2=O)-c1ccc2c4c(ccc-3c14)C(=O)N(c1c(C(C)C)cccc1C(C)C)C2=O. The van der Waals surface area contributed by atoms with E-state index in [9.17, 15) is 19.2 Å². The van der Waals surface area contributed by atoms with Crippen LogP contribution >= 0.6 is 0 Å². The van der Waals surface area contributed by atoms with Gasteiger partial charge in [-0.3, -0.25) is 19.2 Å². The lowest BCUT2D eigenvalue weighted by Crippen LogP contribution is -2.41. The molecule has 4 amide bonds. The standard InChI is InChI=1S/C73H58N2O4/c1-11-41-29-45-33-61-53-21-25-58-67-59(73(79)75(72(58)78)69-50(38(6)7)16-13-17-51(69)39(8)9)27-23-55(65(53)67)63(61)35-47(45)31-43(41)19-18-42-30-46-34-62-54-22-26-57-66-56(24-20-52(64(54)66)60(62)32-44(46)28-40(42)10)70(76)74(71(57)77)68-48(36(2)3)14-12-15-49(68)37(4)5/h11-39H,1H2,2-10H3/b19-18-. The summed E-state index contributed by atoms with van der Waals surface area (Å²) in [6.45, 7) is 23.3. The molecular weight excluding hydrogens is 969 g/mol. The number of rotatable bonds is 9. The van der Waals surface area contributed by atoms with Gasteiger partial charge >= 0.3 is 0 Å². The lowest BCUT2D eigenvalue weighted by molar-refractivity contribution is 0.0877. The van der Waals surface area contributed by atoms with Gasteiger partial charge in [0.2, 0.25) is 0 Å². The maximum atomic E-state index is 14.8. The molecule has 384 valence electrons. The van der Waals surface area contributed by atoms with Crippen molar-refractivity contribution in [2.24, 2.45) is 0 Å². The average molecular weight is 1030 g/mol. The minimum atomic E-state index is -0.283. The van der Waals surface area contributed by atoms with Crippen LogP contribution in [0.25, 0.3) is 106 Å². The first-order valence-electron chi connectivity index (χ1n) is 27.8. The number of fused-ring (bicyclic) bond motifs is 8. The second-order valence-electron chi connectivity index (χ2n) is 23.4. The Morgan fingerprint density at radius 1 is 0.342 bits per heavy atom. The number of carbonyl (C=O) groups excluding carboxylic acids is 4. The highest BCUT2D eigenvalue weighted by atomic mass is 16.2. The fraction of sp³-hybridized carbons (Fsp3) is 0.178. The van der Waals surface area contributed by atoms with Gasteiger partial charge in [0, 0.05) is 33.0 Å². The van der Waals surface area contributed by atoms with Gasteiger partial charge in [0.05, 0.1) is 11.4 Å². The van der Waals surface area contributed by atoms with Crippen LogP contribution < -0.4 is 9.80 Å². The Morgan fingerprint density at radius 3 is 0.949 bits per heavy atom. The molecule has 6 nitrogen and oxygen atoms in total. The van der Waals surface area contributed by atoms with Crippen LogP contribution in [0, 0.1) is 6.92 Å². The summed E-state index contributed by atoms with van der Waals surface area (Å²) in [5, 5.41) is 7.75. The van der Waals surface area contributed by atoms with Crippen LogP contribution in [0.4, 0.5) is 11.4 Å². The average Bonchev–Trinajstić information content (AvgIpc) is 3.32. The Labute approximate surface area is 460 Å². The second kappa shape index (κ2) is 17.2. The Balaban J connectivity index is 0.810. The number of aryl methyl sites for hydroxylation is 1. The van der Waals surface area contributed by atoms with Crippen LogP contribution in [0.2, 0.25) is 0 Å². The minimum Gasteiger partial charge on any atom is -0.268 e. The molecule has 4 aliphatic rings. The molecule has 0 unspecified atom stereocenters. The number of imide groups is 2. The molecule has 0 atom stereocenters. The van der Waals surface area contributed by atoms with Crippen molar-refractivity contribution in [3.8, 4) is 44.5 Å². The third-order valence-corrected chi connectivity index (χ3v) is 17.6. The highest BCUT2D eigenvalue weighted by Gasteiger charge is 2.41. The number of amides is 4. The lowest BCUT2D eigenvalue weighted by Gasteiger charge is -2.32. The third kappa shape index (κ3) is 6.76. The molecule has 10 aromatic rings. The predicted molar refractivity (Wildman–Crippen MR) is 327 cm³/mol. The highest BCUT2D eigenvalue weighted by molar-refractivity contribution is 6.40. The number of anilines is 2. The zero-order valence-corrected chi connectivity index (χ0v) is 46.0. The Bertz CT molecular complexity index is 4470. The molecule has 6 heteroatoms. The molecular formula is C73H58N2O4. The number of para-hydroxylation sites is 2. The van der Waals surface area contributed by atoms with Crippen LogP contribution in [0.3, 0.4) is 0 Å². The smallest absolute Gasteiger partial charge is 0.266 e. The Kier molecular flexibility index (Phi) is 10.6. The molecule has 2 aliphatic heterocycles. The lowest BCUT2D eigenvalue weighted by atomic mass is 9.87. The van der Waals surface area contributed by atoms with E-state index in [2.05, 4.69) is 154 Å². The first kappa shape index (κ1) is 48.4. The van der Waals surface area contributed by atoms with E-state index in [0.29, 0.717) is 33.6 Å².